The minimum atomic E-state index is -3.84. The summed E-state index contributed by atoms with van der Waals surface area (Å²) in [6.07, 6.45) is 11.9. The van der Waals surface area contributed by atoms with Gasteiger partial charge in [0.25, 0.3) is 10.1 Å². The normalized spacial score (nSPS) is 13.8. The van der Waals surface area contributed by atoms with Crippen molar-refractivity contribution in [1.29, 1.82) is 0 Å². The van der Waals surface area contributed by atoms with Crippen LogP contribution in [-0.4, -0.2) is 59.5 Å². The summed E-state index contributed by atoms with van der Waals surface area (Å²) in [6, 6.07) is 6.66. The van der Waals surface area contributed by atoms with Crippen LogP contribution in [0, 0.1) is 6.92 Å². The molecule has 34 heavy (non-hydrogen) atoms. The van der Waals surface area contributed by atoms with Gasteiger partial charge in [0, 0.05) is 11.9 Å². The van der Waals surface area contributed by atoms with Crippen molar-refractivity contribution >= 4 is 26.0 Å². The summed E-state index contributed by atoms with van der Waals surface area (Å²) in [6.45, 7) is 5.93. The first-order valence-electron chi connectivity index (χ1n) is 12.7. The summed E-state index contributed by atoms with van der Waals surface area (Å²) in [4.78, 5) is 0.161. The van der Waals surface area contributed by atoms with Gasteiger partial charge >= 0.3 is 0 Å². The maximum atomic E-state index is 12.6. The van der Waals surface area contributed by atoms with Gasteiger partial charge in [0.1, 0.15) is 0 Å². The van der Waals surface area contributed by atoms with Crippen LogP contribution >= 0.6 is 15.9 Å². The Morgan fingerprint density at radius 2 is 1.44 bits per heavy atom. The zero-order valence-electron chi connectivity index (χ0n) is 21.3. The van der Waals surface area contributed by atoms with Gasteiger partial charge in [-0.1, -0.05) is 98.3 Å². The molecule has 6 nitrogen and oxygen atoms in total. The maximum absolute atomic E-state index is 12.6. The third-order valence-corrected chi connectivity index (χ3v) is 8.02. The molecule has 8 heteroatoms. The predicted octanol–water partition coefficient (Wildman–Crippen LogP) is 6.43. The van der Waals surface area contributed by atoms with Crippen molar-refractivity contribution in [1.82, 2.24) is 0 Å². The van der Waals surface area contributed by atoms with Crippen molar-refractivity contribution in [2.24, 2.45) is 0 Å². The molecule has 0 radical (unpaired) electrons. The van der Waals surface area contributed by atoms with Crippen molar-refractivity contribution in [2.75, 3.05) is 40.1 Å². The lowest BCUT2D eigenvalue weighted by Crippen LogP contribution is -2.32. The fraction of sp³-hybridized carbons (Fsp3) is 0.769. The number of rotatable bonds is 22. The molecule has 2 atom stereocenters. The summed E-state index contributed by atoms with van der Waals surface area (Å²) in [7, 11) is -2.21. The van der Waals surface area contributed by atoms with E-state index in [4.69, 9.17) is 18.4 Å². The summed E-state index contributed by atoms with van der Waals surface area (Å²) in [5.41, 5.74) is 0.995. The van der Waals surface area contributed by atoms with Crippen LogP contribution in [0.25, 0.3) is 0 Å². The Labute approximate surface area is 216 Å². The van der Waals surface area contributed by atoms with E-state index in [-0.39, 0.29) is 22.4 Å². The zero-order chi connectivity index (χ0) is 25.1. The molecule has 0 amide bonds. The van der Waals surface area contributed by atoms with Crippen LogP contribution in [0.2, 0.25) is 0 Å². The van der Waals surface area contributed by atoms with Crippen LogP contribution in [0.5, 0.6) is 0 Å². The molecular weight excluding hydrogens is 520 g/mol. The Bertz CT molecular complexity index is 711. The highest BCUT2D eigenvalue weighted by Crippen LogP contribution is 2.21. The summed E-state index contributed by atoms with van der Waals surface area (Å²) >= 11 is 3.72. The average Bonchev–Trinajstić information content (AvgIpc) is 2.82. The second kappa shape index (κ2) is 19.7. The molecule has 2 unspecified atom stereocenters. The monoisotopic (exact) mass is 564 g/mol. The van der Waals surface area contributed by atoms with E-state index in [1.807, 2.05) is 6.92 Å². The van der Waals surface area contributed by atoms with E-state index in [0.29, 0.717) is 26.4 Å². The van der Waals surface area contributed by atoms with Crippen LogP contribution < -0.4 is 0 Å². The van der Waals surface area contributed by atoms with Crippen LogP contribution in [0.15, 0.2) is 29.2 Å². The molecule has 0 aromatic heterocycles. The molecule has 0 heterocycles. The highest BCUT2D eigenvalue weighted by molar-refractivity contribution is 9.09. The number of alkyl halides is 1. The number of halogens is 1. The Morgan fingerprint density at radius 1 is 0.853 bits per heavy atom. The molecule has 0 aliphatic carbocycles. The summed E-state index contributed by atoms with van der Waals surface area (Å²) < 4.78 is 47.0. The summed E-state index contributed by atoms with van der Waals surface area (Å²) in [5.74, 6) is 0. The van der Waals surface area contributed by atoms with Crippen LogP contribution in [-0.2, 0) is 28.5 Å². The average molecular weight is 566 g/mol. The first kappa shape index (κ1) is 31.5. The quantitative estimate of drug-likeness (QED) is 0.0917. The molecule has 0 fully saturated rings. The van der Waals surface area contributed by atoms with Crippen LogP contribution in [0.1, 0.15) is 76.7 Å². The number of aryl methyl sites for hydroxylation is 1. The molecule has 1 aromatic rings. The van der Waals surface area contributed by atoms with Gasteiger partial charge in [0.15, 0.2) is 0 Å². The smallest absolute Gasteiger partial charge is 0.297 e. The highest BCUT2D eigenvalue weighted by atomic mass is 79.9. The number of methoxy groups -OCH3 is 1. The Kier molecular flexibility index (Phi) is 18.2. The van der Waals surface area contributed by atoms with Crippen molar-refractivity contribution in [3.05, 3.63) is 29.8 Å². The number of benzene rings is 1. The van der Waals surface area contributed by atoms with Crippen molar-refractivity contribution in [3.8, 4) is 0 Å². The Hall–Kier alpha value is -0.510. The molecule has 0 aliphatic heterocycles. The molecule has 0 bridgehead atoms. The minimum Gasteiger partial charge on any atom is -0.382 e. The third-order valence-electron chi connectivity index (χ3n) is 5.68. The molecule has 0 N–H and O–H groups in total. The first-order chi connectivity index (χ1) is 16.4. The molecule has 1 aromatic carbocycles. The fourth-order valence-electron chi connectivity index (χ4n) is 3.53. The van der Waals surface area contributed by atoms with Crippen LogP contribution in [0.3, 0.4) is 0 Å². The molecule has 0 saturated heterocycles. The Balaban J connectivity index is 2.47. The predicted molar refractivity (Wildman–Crippen MR) is 141 cm³/mol. The molecule has 1 rings (SSSR count). The largest absolute Gasteiger partial charge is 0.382 e. The zero-order valence-corrected chi connectivity index (χ0v) is 23.7. The topological polar surface area (TPSA) is 71.1 Å². The van der Waals surface area contributed by atoms with Crippen molar-refractivity contribution < 1.29 is 26.8 Å². The minimum absolute atomic E-state index is 0.00393. The number of unbranched alkanes of at least 4 members (excludes halogenated alkanes) is 8. The van der Waals surface area contributed by atoms with Gasteiger partial charge in [0.2, 0.25) is 0 Å². The van der Waals surface area contributed by atoms with E-state index < -0.39 is 10.1 Å². The van der Waals surface area contributed by atoms with Crippen molar-refractivity contribution in [3.63, 3.8) is 0 Å². The van der Waals surface area contributed by atoms with E-state index in [0.717, 1.165) is 18.4 Å². The maximum Gasteiger partial charge on any atom is 0.297 e. The van der Waals surface area contributed by atoms with Gasteiger partial charge in [-0.2, -0.15) is 8.42 Å². The fourth-order valence-corrected chi connectivity index (χ4v) is 5.07. The summed E-state index contributed by atoms with van der Waals surface area (Å²) in [5, 5.41) is 0. The Morgan fingerprint density at radius 3 is 2.06 bits per heavy atom. The van der Waals surface area contributed by atoms with Gasteiger partial charge in [0.05, 0.1) is 44.0 Å². The SMILES string of the molecule is CCCCCCCCCCCC(Br)C(COS(=O)(=O)c1ccc(C)cc1)OCCOCCOC. The molecule has 0 spiro atoms. The van der Waals surface area contributed by atoms with E-state index in [1.165, 1.54) is 51.4 Å². The van der Waals surface area contributed by atoms with Gasteiger partial charge in [-0.05, 0) is 25.5 Å². The second-order valence-electron chi connectivity index (χ2n) is 8.70. The third kappa shape index (κ3) is 14.8. The number of hydrogen-bond donors (Lipinski definition) is 0. The lowest BCUT2D eigenvalue weighted by atomic mass is 10.0. The molecule has 0 saturated carbocycles. The van der Waals surface area contributed by atoms with E-state index >= 15 is 0 Å². The molecule has 198 valence electrons. The van der Waals surface area contributed by atoms with Gasteiger partial charge in [-0.15, -0.1) is 0 Å². The molecule has 0 aliphatic rings. The van der Waals surface area contributed by atoms with Gasteiger partial charge in [-0.25, -0.2) is 0 Å². The van der Waals surface area contributed by atoms with Gasteiger partial charge < -0.3 is 14.2 Å². The first-order valence-corrected chi connectivity index (χ1v) is 15.0. The highest BCUT2D eigenvalue weighted by Gasteiger charge is 2.24. The number of ether oxygens (including phenoxy) is 3. The van der Waals surface area contributed by atoms with Crippen molar-refractivity contribution in [2.45, 2.75) is 93.9 Å². The number of hydrogen-bond acceptors (Lipinski definition) is 6. The van der Waals surface area contributed by atoms with Gasteiger partial charge in [-0.3, -0.25) is 4.18 Å². The lowest BCUT2D eigenvalue weighted by molar-refractivity contribution is -0.0214. The standard InChI is InChI=1S/C26H45BrO6S/c1-4-5-6-7-8-9-10-11-12-13-25(27)26(32-21-20-31-19-18-30-3)22-33-34(28,29)24-16-14-23(2)15-17-24/h14-17,25-26H,4-13,18-22H2,1-3H3. The lowest BCUT2D eigenvalue weighted by Gasteiger charge is -2.23. The van der Waals surface area contributed by atoms with E-state index in [2.05, 4.69) is 22.9 Å². The molecular formula is C26H45BrO6S. The second-order valence-corrected chi connectivity index (χ2v) is 11.5. The van der Waals surface area contributed by atoms with Crippen LogP contribution in [0.4, 0.5) is 0 Å². The van der Waals surface area contributed by atoms with E-state index in [9.17, 15) is 8.42 Å². The van der Waals surface area contributed by atoms with E-state index in [1.54, 1.807) is 31.4 Å².